The molecule has 0 atom stereocenters. The van der Waals surface area contributed by atoms with Crippen LogP contribution in [-0.4, -0.2) is 21.4 Å². The van der Waals surface area contributed by atoms with Gasteiger partial charge >= 0.3 is 0 Å². The van der Waals surface area contributed by atoms with Crippen LogP contribution in [0.5, 0.6) is 0 Å². The van der Waals surface area contributed by atoms with Gasteiger partial charge in [0.25, 0.3) is 10.0 Å². The fourth-order valence-electron chi connectivity index (χ4n) is 3.09. The van der Waals surface area contributed by atoms with Gasteiger partial charge in [0.2, 0.25) is 5.91 Å². The van der Waals surface area contributed by atoms with E-state index in [0.717, 1.165) is 22.4 Å². The second kappa shape index (κ2) is 8.49. The summed E-state index contributed by atoms with van der Waals surface area (Å²) in [6.07, 6.45) is 0.212. The van der Waals surface area contributed by atoms with Gasteiger partial charge in [-0.15, -0.1) is 0 Å². The van der Waals surface area contributed by atoms with Crippen LogP contribution in [0.3, 0.4) is 0 Å². The number of hydrogen-bond donors (Lipinski definition) is 1. The third kappa shape index (κ3) is 4.66. The highest BCUT2D eigenvalue weighted by Crippen LogP contribution is 2.23. The Morgan fingerprint density at radius 2 is 1.45 bits per heavy atom. The number of benzene rings is 3. The summed E-state index contributed by atoms with van der Waals surface area (Å²) in [5.41, 5.74) is 4.21. The van der Waals surface area contributed by atoms with E-state index in [9.17, 15) is 13.2 Å². The van der Waals surface area contributed by atoms with E-state index in [1.54, 1.807) is 54.6 Å². The van der Waals surface area contributed by atoms with Gasteiger partial charge < -0.3 is 5.32 Å². The third-order valence-electron chi connectivity index (χ3n) is 4.81. The Hall–Kier alpha value is -3.12. The molecule has 0 spiro atoms. The number of carbonyl (C=O) groups is 1. The molecule has 3 aromatic carbocycles. The highest BCUT2D eigenvalue weighted by molar-refractivity contribution is 7.92. The number of aryl methyl sites for hydroxylation is 2. The molecule has 0 saturated heterocycles. The number of anilines is 2. The molecule has 0 saturated carbocycles. The molecule has 0 aromatic heterocycles. The first-order valence-corrected chi connectivity index (χ1v) is 10.7. The summed E-state index contributed by atoms with van der Waals surface area (Å²) in [5.74, 6) is -0.111. The first kappa shape index (κ1) is 20.6. The van der Waals surface area contributed by atoms with Crippen molar-refractivity contribution in [2.75, 3.05) is 16.7 Å². The molecule has 0 bridgehead atoms. The molecule has 0 heterocycles. The van der Waals surface area contributed by atoms with E-state index < -0.39 is 10.0 Å². The van der Waals surface area contributed by atoms with E-state index in [2.05, 4.69) is 5.32 Å². The maximum Gasteiger partial charge on any atom is 0.264 e. The Labute approximate surface area is 172 Å². The summed E-state index contributed by atoms with van der Waals surface area (Å²) in [4.78, 5) is 12.7. The minimum atomic E-state index is -3.62. The zero-order valence-electron chi connectivity index (χ0n) is 16.7. The van der Waals surface area contributed by atoms with E-state index in [-0.39, 0.29) is 17.2 Å². The van der Waals surface area contributed by atoms with Crippen molar-refractivity contribution in [2.45, 2.75) is 25.2 Å². The number of carbonyl (C=O) groups excluding carboxylic acids is 1. The Morgan fingerprint density at radius 3 is 2.03 bits per heavy atom. The van der Waals surface area contributed by atoms with Crippen molar-refractivity contribution in [1.82, 2.24) is 0 Å². The van der Waals surface area contributed by atoms with Crippen molar-refractivity contribution in [3.8, 4) is 0 Å². The van der Waals surface area contributed by atoms with Crippen LogP contribution in [0, 0.1) is 13.8 Å². The molecule has 0 aliphatic carbocycles. The number of para-hydroxylation sites is 1. The fraction of sp³-hybridized carbons (Fsp3) is 0.174. The van der Waals surface area contributed by atoms with Gasteiger partial charge in [-0.05, 0) is 54.8 Å². The molecule has 3 aromatic rings. The Bertz CT molecular complexity index is 1090. The van der Waals surface area contributed by atoms with Gasteiger partial charge in [0.05, 0.1) is 17.0 Å². The van der Waals surface area contributed by atoms with Crippen LogP contribution in [0.15, 0.2) is 77.7 Å². The lowest BCUT2D eigenvalue weighted by Gasteiger charge is -2.19. The quantitative estimate of drug-likeness (QED) is 0.661. The molecule has 1 N–H and O–H groups in total. The summed E-state index contributed by atoms with van der Waals surface area (Å²) in [6, 6.07) is 21.1. The van der Waals surface area contributed by atoms with E-state index >= 15 is 0 Å². The van der Waals surface area contributed by atoms with Crippen LogP contribution in [0.1, 0.15) is 16.7 Å². The van der Waals surface area contributed by atoms with Gasteiger partial charge in [-0.3, -0.25) is 9.10 Å². The number of sulfonamides is 1. The zero-order valence-corrected chi connectivity index (χ0v) is 17.5. The number of nitrogens with one attached hydrogen (secondary N) is 1. The maximum atomic E-state index is 12.7. The smallest absolute Gasteiger partial charge is 0.264 e. The van der Waals surface area contributed by atoms with Crippen LogP contribution < -0.4 is 9.62 Å². The first-order valence-electron chi connectivity index (χ1n) is 9.28. The SMILES string of the molecule is Cc1cccc(C)c1NC(=O)Cc1ccc(N(C)S(=O)(=O)c2ccccc2)cc1. The standard InChI is InChI=1S/C23H24N2O3S/c1-17-8-7-9-18(2)23(17)24-22(26)16-19-12-14-20(15-13-19)25(3)29(27,28)21-10-5-4-6-11-21/h4-15H,16H2,1-3H3,(H,24,26). The van der Waals surface area contributed by atoms with Gasteiger partial charge in [-0.25, -0.2) is 8.42 Å². The average molecular weight is 409 g/mol. The summed E-state index contributed by atoms with van der Waals surface area (Å²) >= 11 is 0. The van der Waals surface area contributed by atoms with Crippen molar-refractivity contribution < 1.29 is 13.2 Å². The van der Waals surface area contributed by atoms with Crippen molar-refractivity contribution in [3.05, 3.63) is 89.5 Å². The van der Waals surface area contributed by atoms with Gasteiger partial charge in [0.1, 0.15) is 0 Å². The largest absolute Gasteiger partial charge is 0.325 e. The van der Waals surface area contributed by atoms with Crippen molar-refractivity contribution in [2.24, 2.45) is 0 Å². The maximum absolute atomic E-state index is 12.7. The van der Waals surface area contributed by atoms with E-state index in [4.69, 9.17) is 0 Å². The molecule has 150 valence electrons. The second-order valence-electron chi connectivity index (χ2n) is 6.94. The molecule has 0 aliphatic heterocycles. The Kier molecular flexibility index (Phi) is 6.03. The first-order chi connectivity index (χ1) is 13.8. The highest BCUT2D eigenvalue weighted by Gasteiger charge is 2.20. The van der Waals surface area contributed by atoms with E-state index in [0.29, 0.717) is 5.69 Å². The van der Waals surface area contributed by atoms with Gasteiger partial charge in [-0.2, -0.15) is 0 Å². The molecular formula is C23H24N2O3S. The van der Waals surface area contributed by atoms with Crippen molar-refractivity contribution in [1.29, 1.82) is 0 Å². The number of hydrogen-bond acceptors (Lipinski definition) is 3. The Balaban J connectivity index is 1.71. The summed E-state index contributed by atoms with van der Waals surface area (Å²) in [5, 5.41) is 2.96. The lowest BCUT2D eigenvalue weighted by molar-refractivity contribution is -0.115. The predicted molar refractivity (Wildman–Crippen MR) is 117 cm³/mol. The average Bonchev–Trinajstić information content (AvgIpc) is 2.71. The lowest BCUT2D eigenvalue weighted by atomic mass is 10.1. The third-order valence-corrected chi connectivity index (χ3v) is 6.61. The molecule has 0 unspecified atom stereocenters. The van der Waals surface area contributed by atoms with Crippen LogP contribution in [0.25, 0.3) is 0 Å². The van der Waals surface area contributed by atoms with E-state index in [1.807, 2.05) is 32.0 Å². The number of rotatable bonds is 6. The minimum absolute atomic E-state index is 0.111. The predicted octanol–water partition coefficient (Wildman–Crippen LogP) is 4.31. The monoisotopic (exact) mass is 408 g/mol. The van der Waals surface area contributed by atoms with Crippen molar-refractivity contribution in [3.63, 3.8) is 0 Å². The molecule has 0 fully saturated rings. The summed E-state index contributed by atoms with van der Waals surface area (Å²) < 4.78 is 26.7. The zero-order chi connectivity index (χ0) is 21.0. The second-order valence-corrected chi connectivity index (χ2v) is 8.91. The topological polar surface area (TPSA) is 66.5 Å². The summed E-state index contributed by atoms with van der Waals surface area (Å²) in [7, 11) is -2.11. The number of nitrogens with zero attached hydrogens (tertiary/aromatic N) is 1. The molecule has 0 aliphatic rings. The van der Waals surface area contributed by atoms with Crippen LogP contribution in [0.2, 0.25) is 0 Å². The molecule has 6 heteroatoms. The molecule has 5 nitrogen and oxygen atoms in total. The molecule has 29 heavy (non-hydrogen) atoms. The fourth-order valence-corrected chi connectivity index (χ4v) is 4.31. The van der Waals surface area contributed by atoms with Gasteiger partial charge in [0, 0.05) is 12.7 Å². The normalized spacial score (nSPS) is 11.1. The molecule has 0 radical (unpaired) electrons. The molecular weight excluding hydrogens is 384 g/mol. The molecule has 1 amide bonds. The Morgan fingerprint density at radius 1 is 0.862 bits per heavy atom. The van der Waals surface area contributed by atoms with Crippen LogP contribution >= 0.6 is 0 Å². The lowest BCUT2D eigenvalue weighted by Crippen LogP contribution is -2.26. The minimum Gasteiger partial charge on any atom is -0.325 e. The van der Waals surface area contributed by atoms with Crippen LogP contribution in [-0.2, 0) is 21.2 Å². The van der Waals surface area contributed by atoms with E-state index in [1.165, 1.54) is 11.4 Å². The summed E-state index contributed by atoms with van der Waals surface area (Å²) in [6.45, 7) is 3.92. The highest BCUT2D eigenvalue weighted by atomic mass is 32.2. The molecule has 3 rings (SSSR count). The van der Waals surface area contributed by atoms with Gasteiger partial charge in [0.15, 0.2) is 0 Å². The number of amides is 1. The van der Waals surface area contributed by atoms with Crippen LogP contribution in [0.4, 0.5) is 11.4 Å². The van der Waals surface area contributed by atoms with Gasteiger partial charge in [-0.1, -0.05) is 48.5 Å². The van der Waals surface area contributed by atoms with Crippen molar-refractivity contribution >= 4 is 27.3 Å².